The van der Waals surface area contributed by atoms with Crippen molar-refractivity contribution in [3.63, 3.8) is 0 Å². The van der Waals surface area contributed by atoms with E-state index in [0.717, 1.165) is 18.5 Å². The van der Waals surface area contributed by atoms with Crippen LogP contribution >= 0.6 is 0 Å². The molecule has 1 amide bonds. The van der Waals surface area contributed by atoms with E-state index in [1.165, 1.54) is 0 Å². The van der Waals surface area contributed by atoms with E-state index < -0.39 is 17.9 Å². The number of fused-ring (bicyclic) bond motifs is 1. The Hall–Kier alpha value is -2.37. The standard InChI is InChI=1S/C15H15N3O3/c19-13-7-10(15(20)21)14(18(13)9-4-5-9)11-8-17-6-2-1-3-12(17)16-11/h1-3,6,8-10,14H,4-5,7H2,(H,20,21). The van der Waals surface area contributed by atoms with Gasteiger partial charge in [0.1, 0.15) is 5.65 Å². The summed E-state index contributed by atoms with van der Waals surface area (Å²) in [5.41, 5.74) is 1.44. The van der Waals surface area contributed by atoms with Gasteiger partial charge in [0.05, 0.1) is 17.7 Å². The van der Waals surface area contributed by atoms with E-state index in [1.807, 2.05) is 35.0 Å². The van der Waals surface area contributed by atoms with Crippen molar-refractivity contribution in [1.29, 1.82) is 0 Å². The maximum absolute atomic E-state index is 12.2. The maximum atomic E-state index is 12.2. The van der Waals surface area contributed by atoms with Gasteiger partial charge in [-0.2, -0.15) is 0 Å². The van der Waals surface area contributed by atoms with Gasteiger partial charge < -0.3 is 14.4 Å². The first-order valence-electron chi connectivity index (χ1n) is 7.13. The number of carboxylic acids is 1. The molecule has 4 rings (SSSR count). The van der Waals surface area contributed by atoms with Crippen LogP contribution in [0.4, 0.5) is 0 Å². The minimum Gasteiger partial charge on any atom is -0.481 e. The van der Waals surface area contributed by atoms with Crippen molar-refractivity contribution in [3.8, 4) is 0 Å². The van der Waals surface area contributed by atoms with Crippen molar-refractivity contribution >= 4 is 17.5 Å². The number of nitrogens with zero attached hydrogens (tertiary/aromatic N) is 3. The predicted octanol–water partition coefficient (Wildman–Crippen LogP) is 1.47. The molecule has 108 valence electrons. The summed E-state index contributed by atoms with van der Waals surface area (Å²) < 4.78 is 1.86. The van der Waals surface area contributed by atoms with Crippen LogP contribution in [0.5, 0.6) is 0 Å². The molecule has 0 radical (unpaired) electrons. The smallest absolute Gasteiger partial charge is 0.309 e. The third kappa shape index (κ3) is 1.90. The predicted molar refractivity (Wildman–Crippen MR) is 73.5 cm³/mol. The second-order valence-electron chi connectivity index (χ2n) is 5.76. The van der Waals surface area contributed by atoms with E-state index in [9.17, 15) is 14.7 Å². The molecule has 6 nitrogen and oxygen atoms in total. The molecule has 1 saturated heterocycles. The third-order valence-corrected chi connectivity index (χ3v) is 4.31. The summed E-state index contributed by atoms with van der Waals surface area (Å²) in [5, 5.41) is 9.44. The molecule has 2 fully saturated rings. The van der Waals surface area contributed by atoms with Crippen LogP contribution in [0.3, 0.4) is 0 Å². The molecule has 2 atom stereocenters. The molecule has 21 heavy (non-hydrogen) atoms. The SMILES string of the molecule is O=C(O)C1CC(=O)N(C2CC2)C1c1cn2ccccc2n1. The maximum Gasteiger partial charge on any atom is 0.309 e. The summed E-state index contributed by atoms with van der Waals surface area (Å²) in [4.78, 5) is 30.0. The van der Waals surface area contributed by atoms with Gasteiger partial charge in [-0.15, -0.1) is 0 Å². The van der Waals surface area contributed by atoms with E-state index in [4.69, 9.17) is 0 Å². The Morgan fingerprint density at radius 1 is 1.33 bits per heavy atom. The van der Waals surface area contributed by atoms with E-state index in [0.29, 0.717) is 5.69 Å². The third-order valence-electron chi connectivity index (χ3n) is 4.31. The molecule has 2 aromatic heterocycles. The second-order valence-corrected chi connectivity index (χ2v) is 5.76. The Labute approximate surface area is 121 Å². The Morgan fingerprint density at radius 2 is 2.14 bits per heavy atom. The van der Waals surface area contributed by atoms with Gasteiger partial charge in [0.25, 0.3) is 0 Å². The van der Waals surface area contributed by atoms with Crippen LogP contribution < -0.4 is 0 Å². The number of aliphatic carboxylic acids is 1. The molecule has 0 aromatic carbocycles. The topological polar surface area (TPSA) is 74.9 Å². The van der Waals surface area contributed by atoms with Crippen molar-refractivity contribution in [2.75, 3.05) is 0 Å². The summed E-state index contributed by atoms with van der Waals surface area (Å²) >= 11 is 0. The van der Waals surface area contributed by atoms with Crippen LogP contribution in [0.15, 0.2) is 30.6 Å². The molecule has 1 aliphatic carbocycles. The molecule has 1 N–H and O–H groups in total. The summed E-state index contributed by atoms with van der Waals surface area (Å²) in [6.45, 7) is 0. The van der Waals surface area contributed by atoms with Gasteiger partial charge in [-0.3, -0.25) is 9.59 Å². The van der Waals surface area contributed by atoms with Crippen LogP contribution in [0.1, 0.15) is 31.0 Å². The Morgan fingerprint density at radius 3 is 2.81 bits per heavy atom. The first-order chi connectivity index (χ1) is 10.1. The van der Waals surface area contributed by atoms with Crippen molar-refractivity contribution in [2.24, 2.45) is 5.92 Å². The fourth-order valence-electron chi connectivity index (χ4n) is 3.21. The molecular weight excluding hydrogens is 270 g/mol. The number of carboxylic acid groups (broad SMARTS) is 1. The lowest BCUT2D eigenvalue weighted by molar-refractivity contribution is -0.142. The highest BCUT2D eigenvalue weighted by Crippen LogP contribution is 2.44. The highest BCUT2D eigenvalue weighted by molar-refractivity contribution is 5.87. The highest BCUT2D eigenvalue weighted by atomic mass is 16.4. The second kappa shape index (κ2) is 4.31. The van der Waals surface area contributed by atoms with E-state index in [2.05, 4.69) is 4.98 Å². The van der Waals surface area contributed by atoms with Gasteiger partial charge in [0.15, 0.2) is 0 Å². The molecule has 2 unspecified atom stereocenters. The van der Waals surface area contributed by atoms with Crippen LogP contribution in [0.25, 0.3) is 5.65 Å². The Kier molecular flexibility index (Phi) is 2.54. The normalized spacial score (nSPS) is 25.7. The molecule has 1 aliphatic heterocycles. The highest BCUT2D eigenvalue weighted by Gasteiger charge is 2.50. The van der Waals surface area contributed by atoms with E-state index in [-0.39, 0.29) is 18.4 Å². The molecule has 0 spiro atoms. The van der Waals surface area contributed by atoms with Crippen LogP contribution in [-0.2, 0) is 9.59 Å². The largest absolute Gasteiger partial charge is 0.481 e. The molecule has 6 heteroatoms. The number of hydrogen-bond acceptors (Lipinski definition) is 3. The fourth-order valence-corrected chi connectivity index (χ4v) is 3.21. The molecular formula is C15H15N3O3. The zero-order chi connectivity index (χ0) is 14.6. The van der Waals surface area contributed by atoms with Gasteiger partial charge in [-0.1, -0.05) is 6.07 Å². The summed E-state index contributed by atoms with van der Waals surface area (Å²) in [7, 11) is 0. The lowest BCUT2D eigenvalue weighted by Gasteiger charge is -2.25. The molecule has 2 aromatic rings. The van der Waals surface area contributed by atoms with Gasteiger partial charge in [-0.05, 0) is 25.0 Å². The average molecular weight is 285 g/mol. The summed E-state index contributed by atoms with van der Waals surface area (Å²) in [5.74, 6) is -1.69. The minimum absolute atomic E-state index is 0.0630. The van der Waals surface area contributed by atoms with Gasteiger partial charge in [0.2, 0.25) is 5.91 Å². The number of rotatable bonds is 3. The van der Waals surface area contributed by atoms with Crippen molar-refractivity contribution in [1.82, 2.24) is 14.3 Å². The number of aromatic nitrogens is 2. The zero-order valence-electron chi connectivity index (χ0n) is 11.3. The van der Waals surface area contributed by atoms with Gasteiger partial charge in [0, 0.05) is 24.9 Å². The number of carbonyl (C=O) groups is 2. The average Bonchev–Trinajstić information content (AvgIpc) is 3.09. The number of likely N-dealkylation sites (tertiary alicyclic amines) is 1. The molecule has 2 aliphatic rings. The van der Waals surface area contributed by atoms with E-state index in [1.54, 1.807) is 4.90 Å². The first kappa shape index (κ1) is 12.4. The lowest BCUT2D eigenvalue weighted by Crippen LogP contribution is -2.32. The fraction of sp³-hybridized carbons (Fsp3) is 0.400. The number of pyridine rings is 1. The molecule has 0 bridgehead atoms. The monoisotopic (exact) mass is 285 g/mol. The molecule has 3 heterocycles. The number of amides is 1. The Balaban J connectivity index is 1.81. The van der Waals surface area contributed by atoms with Gasteiger partial charge in [-0.25, -0.2) is 4.98 Å². The Bertz CT molecular complexity index is 702. The number of hydrogen-bond donors (Lipinski definition) is 1. The first-order valence-corrected chi connectivity index (χ1v) is 7.13. The summed E-state index contributed by atoms with van der Waals surface area (Å²) in [6, 6.07) is 5.40. The van der Waals surface area contributed by atoms with Crippen LogP contribution in [-0.4, -0.2) is 37.3 Å². The summed E-state index contributed by atoms with van der Waals surface area (Å²) in [6.07, 6.45) is 5.71. The number of imidazole rings is 1. The van der Waals surface area contributed by atoms with Crippen LogP contribution in [0, 0.1) is 5.92 Å². The van der Waals surface area contributed by atoms with E-state index >= 15 is 0 Å². The van der Waals surface area contributed by atoms with Crippen molar-refractivity contribution in [3.05, 3.63) is 36.3 Å². The zero-order valence-corrected chi connectivity index (χ0v) is 11.3. The molecule has 1 saturated carbocycles. The van der Waals surface area contributed by atoms with Crippen LogP contribution in [0.2, 0.25) is 0 Å². The van der Waals surface area contributed by atoms with Crippen molar-refractivity contribution < 1.29 is 14.7 Å². The van der Waals surface area contributed by atoms with Crippen molar-refractivity contribution in [2.45, 2.75) is 31.3 Å². The van der Waals surface area contributed by atoms with Gasteiger partial charge >= 0.3 is 5.97 Å². The number of carbonyl (C=O) groups excluding carboxylic acids is 1. The minimum atomic E-state index is -0.923. The lowest BCUT2D eigenvalue weighted by atomic mass is 9.98. The quantitative estimate of drug-likeness (QED) is 0.926.